The van der Waals surface area contributed by atoms with Crippen molar-refractivity contribution in [2.45, 2.75) is 37.8 Å². The fourth-order valence-corrected chi connectivity index (χ4v) is 3.89. The predicted octanol–water partition coefficient (Wildman–Crippen LogP) is 5.06. The number of para-hydroxylation sites is 2. The van der Waals surface area contributed by atoms with Crippen molar-refractivity contribution in [3.8, 4) is 0 Å². The SMILES string of the molecule is CC(C)(N=C1Nc2ccccc2NC12CCOCC2)c1cccc(Cl)c1. The Morgan fingerprint density at radius 3 is 2.50 bits per heavy atom. The van der Waals surface area contributed by atoms with E-state index < -0.39 is 5.54 Å². The smallest absolute Gasteiger partial charge is 0.128 e. The van der Waals surface area contributed by atoms with Crippen LogP contribution in [0.1, 0.15) is 32.3 Å². The predicted molar refractivity (Wildman–Crippen MR) is 108 cm³/mol. The number of nitrogens with zero attached hydrogens (tertiary/aromatic N) is 1. The third-order valence-electron chi connectivity index (χ3n) is 5.28. The van der Waals surface area contributed by atoms with E-state index in [0.717, 1.165) is 53.9 Å². The lowest BCUT2D eigenvalue weighted by Gasteiger charge is -2.44. The highest BCUT2D eigenvalue weighted by molar-refractivity contribution is 6.30. The molecule has 2 aliphatic heterocycles. The van der Waals surface area contributed by atoms with Gasteiger partial charge in [0.25, 0.3) is 0 Å². The van der Waals surface area contributed by atoms with Crippen LogP contribution < -0.4 is 10.6 Å². The number of hydrogen-bond donors (Lipinski definition) is 2. The number of ether oxygens (including phenoxy) is 1. The Kier molecular flexibility index (Phi) is 4.41. The highest BCUT2D eigenvalue weighted by Crippen LogP contribution is 2.38. The fraction of sp³-hybridized carbons (Fsp3) is 0.381. The Hall–Kier alpha value is -2.04. The molecule has 136 valence electrons. The zero-order chi connectivity index (χ0) is 18.2. The summed E-state index contributed by atoms with van der Waals surface area (Å²) in [5.41, 5.74) is 2.66. The lowest BCUT2D eigenvalue weighted by atomic mass is 9.85. The van der Waals surface area contributed by atoms with E-state index in [1.54, 1.807) is 0 Å². The summed E-state index contributed by atoms with van der Waals surface area (Å²) in [6.45, 7) is 5.71. The van der Waals surface area contributed by atoms with Gasteiger partial charge in [0.2, 0.25) is 0 Å². The summed E-state index contributed by atoms with van der Waals surface area (Å²) in [7, 11) is 0. The van der Waals surface area contributed by atoms with Gasteiger partial charge in [-0.2, -0.15) is 0 Å². The van der Waals surface area contributed by atoms with Crippen molar-refractivity contribution in [2.24, 2.45) is 4.99 Å². The minimum Gasteiger partial charge on any atom is -0.381 e. The van der Waals surface area contributed by atoms with Crippen molar-refractivity contribution in [3.05, 3.63) is 59.1 Å². The summed E-state index contributed by atoms with van der Waals surface area (Å²) in [4.78, 5) is 5.18. The maximum absolute atomic E-state index is 6.21. The van der Waals surface area contributed by atoms with Crippen molar-refractivity contribution in [2.75, 3.05) is 23.8 Å². The molecule has 4 rings (SSSR count). The number of nitrogens with one attached hydrogen (secondary N) is 2. The van der Waals surface area contributed by atoms with Crippen molar-refractivity contribution < 1.29 is 4.74 Å². The zero-order valence-electron chi connectivity index (χ0n) is 15.2. The number of benzene rings is 2. The highest BCUT2D eigenvalue weighted by Gasteiger charge is 2.42. The average Bonchev–Trinajstić information content (AvgIpc) is 2.63. The van der Waals surface area contributed by atoms with Crippen LogP contribution >= 0.6 is 11.6 Å². The maximum atomic E-state index is 6.21. The molecule has 0 saturated carbocycles. The van der Waals surface area contributed by atoms with Crippen molar-refractivity contribution >= 4 is 28.8 Å². The minimum absolute atomic E-state index is 0.220. The van der Waals surface area contributed by atoms with E-state index >= 15 is 0 Å². The van der Waals surface area contributed by atoms with E-state index in [9.17, 15) is 0 Å². The molecule has 0 radical (unpaired) electrons. The number of anilines is 2. The average molecular weight is 370 g/mol. The number of rotatable bonds is 2. The number of fused-ring (bicyclic) bond motifs is 1. The molecule has 2 aromatic rings. The molecule has 2 aliphatic rings. The molecule has 1 spiro atoms. The Balaban J connectivity index is 1.77. The molecule has 2 heterocycles. The van der Waals surface area contributed by atoms with Gasteiger partial charge < -0.3 is 15.4 Å². The van der Waals surface area contributed by atoms with Gasteiger partial charge in [-0.15, -0.1) is 0 Å². The maximum Gasteiger partial charge on any atom is 0.128 e. The molecule has 0 aliphatic carbocycles. The van der Waals surface area contributed by atoms with Gasteiger partial charge in [-0.25, -0.2) is 0 Å². The third-order valence-corrected chi connectivity index (χ3v) is 5.51. The number of aliphatic imine (C=N–C) groups is 1. The molecular formula is C21H24ClN3O. The second-order valence-electron chi connectivity index (χ2n) is 7.52. The van der Waals surface area contributed by atoms with Gasteiger partial charge in [-0.05, 0) is 43.7 Å². The first-order valence-corrected chi connectivity index (χ1v) is 9.45. The van der Waals surface area contributed by atoms with E-state index in [4.69, 9.17) is 21.3 Å². The molecular weight excluding hydrogens is 346 g/mol. The number of amidine groups is 1. The summed E-state index contributed by atoms with van der Waals surface area (Å²) in [6, 6.07) is 16.2. The van der Waals surface area contributed by atoms with Crippen LogP contribution in [0.3, 0.4) is 0 Å². The molecule has 1 saturated heterocycles. The summed E-state index contributed by atoms with van der Waals surface area (Å²) in [5, 5.41) is 8.08. The van der Waals surface area contributed by atoms with Crippen molar-refractivity contribution in [3.63, 3.8) is 0 Å². The molecule has 2 N–H and O–H groups in total. The second-order valence-corrected chi connectivity index (χ2v) is 7.96. The molecule has 0 bridgehead atoms. The van der Waals surface area contributed by atoms with Crippen LogP contribution in [0.2, 0.25) is 5.02 Å². The second kappa shape index (κ2) is 6.60. The van der Waals surface area contributed by atoms with E-state index in [2.05, 4.69) is 48.7 Å². The fourth-order valence-electron chi connectivity index (χ4n) is 3.70. The lowest BCUT2D eigenvalue weighted by molar-refractivity contribution is 0.0777. The normalized spacial score (nSPS) is 20.3. The summed E-state index contributed by atoms with van der Waals surface area (Å²) in [5.74, 6) is 0.976. The van der Waals surface area contributed by atoms with Crippen LogP contribution in [-0.4, -0.2) is 24.6 Å². The van der Waals surface area contributed by atoms with Crippen molar-refractivity contribution in [1.82, 2.24) is 0 Å². The minimum atomic E-state index is -0.396. The Bertz CT molecular complexity index is 841. The van der Waals surface area contributed by atoms with E-state index in [1.807, 2.05) is 24.3 Å². The number of halogens is 1. The first-order chi connectivity index (χ1) is 12.5. The molecule has 2 aromatic carbocycles. The van der Waals surface area contributed by atoms with Gasteiger partial charge in [0, 0.05) is 31.1 Å². The molecule has 0 aromatic heterocycles. The third kappa shape index (κ3) is 3.19. The molecule has 5 heteroatoms. The van der Waals surface area contributed by atoms with Gasteiger partial charge >= 0.3 is 0 Å². The van der Waals surface area contributed by atoms with E-state index in [1.165, 1.54) is 0 Å². The monoisotopic (exact) mass is 369 g/mol. The van der Waals surface area contributed by atoms with Gasteiger partial charge in [-0.1, -0.05) is 35.9 Å². The summed E-state index contributed by atoms with van der Waals surface area (Å²) >= 11 is 6.21. The van der Waals surface area contributed by atoms with E-state index in [-0.39, 0.29) is 5.54 Å². The molecule has 4 nitrogen and oxygen atoms in total. The van der Waals surface area contributed by atoms with E-state index in [0.29, 0.717) is 0 Å². The van der Waals surface area contributed by atoms with Gasteiger partial charge in [0.15, 0.2) is 0 Å². The van der Waals surface area contributed by atoms with Gasteiger partial charge in [-0.3, -0.25) is 4.99 Å². The quantitative estimate of drug-likeness (QED) is 0.777. The Morgan fingerprint density at radius 2 is 1.77 bits per heavy atom. The van der Waals surface area contributed by atoms with Crippen LogP contribution in [-0.2, 0) is 10.3 Å². The summed E-state index contributed by atoms with van der Waals surface area (Å²) in [6.07, 6.45) is 1.78. The van der Waals surface area contributed by atoms with Gasteiger partial charge in [0.1, 0.15) is 5.84 Å². The Morgan fingerprint density at radius 1 is 1.04 bits per heavy atom. The van der Waals surface area contributed by atoms with Crippen LogP contribution in [0, 0.1) is 0 Å². The van der Waals surface area contributed by atoms with Crippen LogP contribution in [0.15, 0.2) is 53.5 Å². The summed E-state index contributed by atoms with van der Waals surface area (Å²) < 4.78 is 5.62. The van der Waals surface area contributed by atoms with Crippen LogP contribution in [0.5, 0.6) is 0 Å². The topological polar surface area (TPSA) is 45.7 Å². The van der Waals surface area contributed by atoms with Crippen molar-refractivity contribution in [1.29, 1.82) is 0 Å². The molecule has 1 fully saturated rings. The number of hydrogen-bond acceptors (Lipinski definition) is 3. The largest absolute Gasteiger partial charge is 0.381 e. The lowest BCUT2D eigenvalue weighted by Crippen LogP contribution is -2.56. The highest BCUT2D eigenvalue weighted by atomic mass is 35.5. The van der Waals surface area contributed by atoms with Crippen LogP contribution in [0.25, 0.3) is 0 Å². The standard InChI is InChI=1S/C21H24ClN3O/c1-20(2,15-6-5-7-16(22)14-15)25-19-21(10-12-26-13-11-21)24-18-9-4-3-8-17(18)23-19/h3-9,14,24H,10-13H2,1-2H3,(H,23,25). The molecule has 0 atom stereocenters. The Labute approximate surface area is 159 Å². The van der Waals surface area contributed by atoms with Crippen LogP contribution in [0.4, 0.5) is 11.4 Å². The molecule has 26 heavy (non-hydrogen) atoms. The first kappa shape index (κ1) is 17.4. The first-order valence-electron chi connectivity index (χ1n) is 9.07. The van der Waals surface area contributed by atoms with Gasteiger partial charge in [0.05, 0.1) is 22.5 Å². The molecule has 0 amide bonds. The molecule has 0 unspecified atom stereocenters. The zero-order valence-corrected chi connectivity index (χ0v) is 15.9.